The first-order valence-electron chi connectivity index (χ1n) is 7.01. The van der Waals surface area contributed by atoms with Crippen molar-refractivity contribution in [3.05, 3.63) is 60.2 Å². The van der Waals surface area contributed by atoms with Crippen molar-refractivity contribution in [3.8, 4) is 0 Å². The van der Waals surface area contributed by atoms with Gasteiger partial charge in [-0.15, -0.1) is 0 Å². The van der Waals surface area contributed by atoms with E-state index < -0.39 is 0 Å². The summed E-state index contributed by atoms with van der Waals surface area (Å²) in [6, 6.07) is 19.2. The second-order valence-corrected chi connectivity index (χ2v) is 4.76. The highest BCUT2D eigenvalue weighted by Gasteiger charge is 1.97. The Morgan fingerprint density at radius 3 is 2.62 bits per heavy atom. The number of carbonyl (C=O) groups is 1. The van der Waals surface area contributed by atoms with Crippen LogP contribution in [0.1, 0.15) is 12.5 Å². The minimum atomic E-state index is -0.0100. The number of hydrogen-bond donors (Lipinski definition) is 3. The minimum Gasteiger partial charge on any atom is -0.383 e. The zero-order valence-electron chi connectivity index (χ0n) is 12.1. The van der Waals surface area contributed by atoms with Crippen molar-refractivity contribution >= 4 is 17.3 Å². The van der Waals surface area contributed by atoms with Crippen LogP contribution in [0.2, 0.25) is 0 Å². The van der Waals surface area contributed by atoms with Gasteiger partial charge < -0.3 is 16.0 Å². The molecule has 0 aromatic heterocycles. The lowest BCUT2D eigenvalue weighted by Crippen LogP contribution is -2.26. The SMILES string of the molecule is CC(=O)NCCNc1c[c]cc(CNc2ccccc2)c1. The zero-order chi connectivity index (χ0) is 14.9. The van der Waals surface area contributed by atoms with Crippen molar-refractivity contribution in [2.24, 2.45) is 0 Å². The molecule has 2 aromatic carbocycles. The molecule has 0 heterocycles. The molecular weight excluding hydrogens is 262 g/mol. The quantitative estimate of drug-likeness (QED) is 0.684. The predicted octanol–water partition coefficient (Wildman–Crippen LogP) is 2.65. The van der Waals surface area contributed by atoms with Crippen LogP contribution in [-0.2, 0) is 11.3 Å². The molecule has 21 heavy (non-hydrogen) atoms. The fraction of sp³-hybridized carbons (Fsp3) is 0.235. The van der Waals surface area contributed by atoms with E-state index in [0.29, 0.717) is 13.1 Å². The van der Waals surface area contributed by atoms with Crippen molar-refractivity contribution in [2.45, 2.75) is 13.5 Å². The second-order valence-electron chi connectivity index (χ2n) is 4.76. The minimum absolute atomic E-state index is 0.0100. The van der Waals surface area contributed by atoms with Gasteiger partial charge in [-0.1, -0.05) is 18.2 Å². The van der Waals surface area contributed by atoms with Crippen molar-refractivity contribution in [1.82, 2.24) is 5.32 Å². The summed E-state index contributed by atoms with van der Waals surface area (Å²) in [5.41, 5.74) is 3.26. The highest BCUT2D eigenvalue weighted by molar-refractivity contribution is 5.72. The molecule has 0 unspecified atom stereocenters. The molecule has 0 saturated heterocycles. The third-order valence-electron chi connectivity index (χ3n) is 2.95. The van der Waals surface area contributed by atoms with Crippen LogP contribution in [0.25, 0.3) is 0 Å². The van der Waals surface area contributed by atoms with Crippen molar-refractivity contribution in [2.75, 3.05) is 23.7 Å². The first kappa shape index (κ1) is 14.9. The summed E-state index contributed by atoms with van der Waals surface area (Å²) in [6.07, 6.45) is 0. The molecule has 4 heteroatoms. The first-order valence-corrected chi connectivity index (χ1v) is 7.01. The third-order valence-corrected chi connectivity index (χ3v) is 2.95. The summed E-state index contributed by atoms with van der Waals surface area (Å²) in [6.45, 7) is 3.58. The maximum Gasteiger partial charge on any atom is 0.216 e. The van der Waals surface area contributed by atoms with E-state index >= 15 is 0 Å². The molecule has 0 saturated carbocycles. The molecular formula is C17H20N3O. The van der Waals surface area contributed by atoms with E-state index in [2.05, 4.69) is 28.1 Å². The monoisotopic (exact) mass is 282 g/mol. The molecule has 0 aliphatic heterocycles. The van der Waals surface area contributed by atoms with Gasteiger partial charge in [0, 0.05) is 37.9 Å². The third kappa shape index (κ3) is 5.57. The van der Waals surface area contributed by atoms with Gasteiger partial charge in [-0.05, 0) is 42.0 Å². The second kappa shape index (κ2) is 7.94. The van der Waals surface area contributed by atoms with Crippen LogP contribution in [-0.4, -0.2) is 19.0 Å². The Morgan fingerprint density at radius 2 is 1.86 bits per heavy atom. The number of benzene rings is 2. The van der Waals surface area contributed by atoms with E-state index in [0.717, 1.165) is 23.5 Å². The largest absolute Gasteiger partial charge is 0.383 e. The standard InChI is InChI=1S/C17H20N3O/c1-14(21)18-10-11-19-17-9-5-6-15(12-17)13-20-16-7-3-2-4-8-16/h2-4,6-9,12,19-20H,10-11,13H2,1H3,(H,18,21). The topological polar surface area (TPSA) is 53.2 Å². The number of anilines is 2. The van der Waals surface area contributed by atoms with Crippen LogP contribution in [0.3, 0.4) is 0 Å². The van der Waals surface area contributed by atoms with Crippen LogP contribution in [0.5, 0.6) is 0 Å². The molecule has 2 aromatic rings. The fourth-order valence-corrected chi connectivity index (χ4v) is 1.93. The molecule has 0 fully saturated rings. The smallest absolute Gasteiger partial charge is 0.216 e. The number of nitrogens with one attached hydrogen (secondary N) is 3. The number of carbonyl (C=O) groups excluding carboxylic acids is 1. The van der Waals surface area contributed by atoms with Crippen LogP contribution >= 0.6 is 0 Å². The molecule has 4 nitrogen and oxygen atoms in total. The summed E-state index contributed by atoms with van der Waals surface area (Å²) in [5, 5.41) is 9.38. The Morgan fingerprint density at radius 1 is 1.05 bits per heavy atom. The number of hydrogen-bond acceptors (Lipinski definition) is 3. The molecule has 0 atom stereocenters. The van der Waals surface area contributed by atoms with E-state index in [-0.39, 0.29) is 5.91 Å². The van der Waals surface area contributed by atoms with Gasteiger partial charge in [0.2, 0.25) is 5.91 Å². The van der Waals surface area contributed by atoms with Gasteiger partial charge >= 0.3 is 0 Å². The summed E-state index contributed by atoms with van der Waals surface area (Å²) < 4.78 is 0. The summed E-state index contributed by atoms with van der Waals surface area (Å²) in [5.74, 6) is -0.0100. The fourth-order valence-electron chi connectivity index (χ4n) is 1.93. The summed E-state index contributed by atoms with van der Waals surface area (Å²) in [4.78, 5) is 10.8. The van der Waals surface area contributed by atoms with Crippen LogP contribution < -0.4 is 16.0 Å². The molecule has 0 bridgehead atoms. The van der Waals surface area contributed by atoms with Gasteiger partial charge in [-0.2, -0.15) is 0 Å². The van der Waals surface area contributed by atoms with Gasteiger partial charge in [-0.3, -0.25) is 4.79 Å². The Labute approximate surface area is 125 Å². The molecule has 1 radical (unpaired) electrons. The van der Waals surface area contributed by atoms with Crippen LogP contribution in [0.4, 0.5) is 11.4 Å². The number of amides is 1. The highest BCUT2D eigenvalue weighted by Crippen LogP contribution is 2.12. The first-order chi connectivity index (χ1) is 10.2. The van der Waals surface area contributed by atoms with Gasteiger partial charge in [0.15, 0.2) is 0 Å². The Hall–Kier alpha value is -2.49. The van der Waals surface area contributed by atoms with Gasteiger partial charge in [0.25, 0.3) is 0 Å². The molecule has 109 valence electrons. The van der Waals surface area contributed by atoms with Crippen molar-refractivity contribution < 1.29 is 4.79 Å². The van der Waals surface area contributed by atoms with Crippen molar-refractivity contribution in [3.63, 3.8) is 0 Å². The average Bonchev–Trinajstić information content (AvgIpc) is 2.51. The lowest BCUT2D eigenvalue weighted by Gasteiger charge is -2.10. The Bertz CT molecular complexity index is 569. The maximum atomic E-state index is 10.8. The van der Waals surface area contributed by atoms with Crippen LogP contribution in [0, 0.1) is 6.07 Å². The highest BCUT2D eigenvalue weighted by atomic mass is 16.1. The summed E-state index contributed by atoms with van der Waals surface area (Å²) >= 11 is 0. The van der Waals surface area contributed by atoms with E-state index in [9.17, 15) is 4.79 Å². The molecule has 0 spiro atoms. The number of rotatable bonds is 7. The molecule has 0 aliphatic carbocycles. The molecule has 2 rings (SSSR count). The molecule has 3 N–H and O–H groups in total. The van der Waals surface area contributed by atoms with Gasteiger partial charge in [0.05, 0.1) is 0 Å². The van der Waals surface area contributed by atoms with Gasteiger partial charge in [-0.25, -0.2) is 0 Å². The van der Waals surface area contributed by atoms with Gasteiger partial charge in [0.1, 0.15) is 0 Å². The molecule has 0 aliphatic rings. The zero-order valence-corrected chi connectivity index (χ0v) is 12.1. The molecule has 1 amide bonds. The Balaban J connectivity index is 1.81. The predicted molar refractivity (Wildman–Crippen MR) is 86.2 cm³/mol. The Kier molecular flexibility index (Phi) is 5.64. The van der Waals surface area contributed by atoms with E-state index in [1.54, 1.807) is 0 Å². The van der Waals surface area contributed by atoms with Crippen molar-refractivity contribution in [1.29, 1.82) is 0 Å². The lowest BCUT2D eigenvalue weighted by molar-refractivity contribution is -0.118. The number of para-hydroxylation sites is 1. The maximum absolute atomic E-state index is 10.8. The lowest BCUT2D eigenvalue weighted by atomic mass is 10.2. The average molecular weight is 282 g/mol. The van der Waals surface area contributed by atoms with E-state index in [1.807, 2.05) is 42.5 Å². The van der Waals surface area contributed by atoms with E-state index in [4.69, 9.17) is 0 Å². The van der Waals surface area contributed by atoms with Crippen LogP contribution in [0.15, 0.2) is 48.5 Å². The van der Waals surface area contributed by atoms with E-state index in [1.165, 1.54) is 6.92 Å². The summed E-state index contributed by atoms with van der Waals surface area (Å²) in [7, 11) is 0. The normalized spacial score (nSPS) is 9.95.